The first-order valence-electron chi connectivity index (χ1n) is 7.83. The van der Waals surface area contributed by atoms with Crippen LogP contribution in [-0.4, -0.2) is 22.4 Å². The number of para-hydroxylation sites is 1. The Balaban J connectivity index is 2.02. The molecule has 3 rings (SSSR count). The molecule has 0 aliphatic heterocycles. The molecule has 0 radical (unpaired) electrons. The van der Waals surface area contributed by atoms with Gasteiger partial charge in [-0.1, -0.05) is 48.5 Å². The zero-order valence-electron chi connectivity index (χ0n) is 13.4. The largest absolute Gasteiger partial charge is 0.463 e. The van der Waals surface area contributed by atoms with E-state index in [2.05, 4.69) is 5.10 Å². The standard InChI is InChI=1S/C20H18N2O2/c1-2-24-19(23)14-13-17-15-22(18-11-7-4-8-12-18)21-20(17)16-9-5-3-6-10-16/h3-15H,2H2,1H3. The number of rotatable bonds is 5. The number of aromatic nitrogens is 2. The Morgan fingerprint density at radius 1 is 1.08 bits per heavy atom. The molecule has 1 aromatic heterocycles. The molecule has 2 aromatic carbocycles. The number of ether oxygens (including phenoxy) is 1. The third-order valence-corrected chi connectivity index (χ3v) is 3.50. The molecule has 0 spiro atoms. The van der Waals surface area contributed by atoms with Gasteiger partial charge in [-0.3, -0.25) is 0 Å². The molecule has 4 heteroatoms. The Morgan fingerprint density at radius 3 is 2.42 bits per heavy atom. The van der Waals surface area contributed by atoms with Gasteiger partial charge in [0.05, 0.1) is 18.0 Å². The maximum atomic E-state index is 11.6. The monoisotopic (exact) mass is 318 g/mol. The average molecular weight is 318 g/mol. The second-order valence-corrected chi connectivity index (χ2v) is 5.16. The highest BCUT2D eigenvalue weighted by molar-refractivity contribution is 5.88. The molecular formula is C20H18N2O2. The SMILES string of the molecule is CCOC(=O)C=Cc1cn(-c2ccccc2)nc1-c1ccccc1. The molecule has 0 fully saturated rings. The summed E-state index contributed by atoms with van der Waals surface area (Å²) in [5.41, 5.74) is 3.64. The molecule has 0 saturated carbocycles. The molecule has 0 bridgehead atoms. The van der Waals surface area contributed by atoms with Gasteiger partial charge in [0, 0.05) is 23.4 Å². The van der Waals surface area contributed by atoms with Gasteiger partial charge in [0.25, 0.3) is 0 Å². The summed E-state index contributed by atoms with van der Waals surface area (Å²) in [6.07, 6.45) is 5.09. The number of hydrogen-bond donors (Lipinski definition) is 0. The van der Waals surface area contributed by atoms with Gasteiger partial charge in [-0.25, -0.2) is 9.48 Å². The van der Waals surface area contributed by atoms with Gasteiger partial charge in [-0.15, -0.1) is 0 Å². The van der Waals surface area contributed by atoms with Crippen molar-refractivity contribution in [3.63, 3.8) is 0 Å². The van der Waals surface area contributed by atoms with E-state index in [1.54, 1.807) is 13.0 Å². The number of benzene rings is 2. The molecule has 120 valence electrons. The topological polar surface area (TPSA) is 44.1 Å². The van der Waals surface area contributed by atoms with Gasteiger partial charge in [-0.2, -0.15) is 5.10 Å². The highest BCUT2D eigenvalue weighted by atomic mass is 16.5. The second kappa shape index (κ2) is 7.42. The van der Waals surface area contributed by atoms with Gasteiger partial charge < -0.3 is 4.74 Å². The first-order chi connectivity index (χ1) is 11.8. The van der Waals surface area contributed by atoms with Crippen molar-refractivity contribution < 1.29 is 9.53 Å². The Kier molecular flexibility index (Phi) is 4.87. The molecule has 4 nitrogen and oxygen atoms in total. The zero-order chi connectivity index (χ0) is 16.8. The Labute approximate surface area is 141 Å². The maximum Gasteiger partial charge on any atom is 0.330 e. The maximum absolute atomic E-state index is 11.6. The smallest absolute Gasteiger partial charge is 0.330 e. The van der Waals surface area contributed by atoms with E-state index in [-0.39, 0.29) is 5.97 Å². The fourth-order valence-electron chi connectivity index (χ4n) is 2.39. The van der Waals surface area contributed by atoms with E-state index in [9.17, 15) is 4.79 Å². The minimum Gasteiger partial charge on any atom is -0.463 e. The highest BCUT2D eigenvalue weighted by Crippen LogP contribution is 2.24. The lowest BCUT2D eigenvalue weighted by Crippen LogP contribution is -1.98. The first kappa shape index (κ1) is 15.7. The Hall–Kier alpha value is -3.14. The van der Waals surface area contributed by atoms with Gasteiger partial charge in [0.1, 0.15) is 0 Å². The van der Waals surface area contributed by atoms with E-state index in [4.69, 9.17) is 4.74 Å². The lowest BCUT2D eigenvalue weighted by Gasteiger charge is -2.00. The summed E-state index contributed by atoms with van der Waals surface area (Å²) in [4.78, 5) is 11.6. The van der Waals surface area contributed by atoms with Crippen LogP contribution in [0, 0.1) is 0 Å². The second-order valence-electron chi connectivity index (χ2n) is 5.16. The zero-order valence-corrected chi connectivity index (χ0v) is 13.4. The van der Waals surface area contributed by atoms with Crippen LogP contribution >= 0.6 is 0 Å². The van der Waals surface area contributed by atoms with Crippen LogP contribution in [0.3, 0.4) is 0 Å². The highest BCUT2D eigenvalue weighted by Gasteiger charge is 2.10. The third kappa shape index (κ3) is 3.60. The minimum atomic E-state index is -0.357. The summed E-state index contributed by atoms with van der Waals surface area (Å²) >= 11 is 0. The van der Waals surface area contributed by atoms with Crippen molar-refractivity contribution in [3.05, 3.63) is 78.5 Å². The molecule has 24 heavy (non-hydrogen) atoms. The summed E-state index contributed by atoms with van der Waals surface area (Å²) in [6, 6.07) is 19.8. The average Bonchev–Trinajstić information content (AvgIpc) is 3.06. The van der Waals surface area contributed by atoms with Gasteiger partial charge in [0.2, 0.25) is 0 Å². The van der Waals surface area contributed by atoms with Gasteiger partial charge >= 0.3 is 5.97 Å². The molecular weight excluding hydrogens is 300 g/mol. The molecule has 0 unspecified atom stereocenters. The molecule has 3 aromatic rings. The lowest BCUT2D eigenvalue weighted by molar-refractivity contribution is -0.137. The third-order valence-electron chi connectivity index (χ3n) is 3.50. The van der Waals surface area contributed by atoms with E-state index in [1.807, 2.05) is 71.5 Å². The molecule has 0 aliphatic rings. The summed E-state index contributed by atoms with van der Waals surface area (Å²) in [5.74, 6) is -0.357. The number of carbonyl (C=O) groups excluding carboxylic acids is 1. The molecule has 0 saturated heterocycles. The number of hydrogen-bond acceptors (Lipinski definition) is 3. The van der Waals surface area contributed by atoms with Crippen molar-refractivity contribution >= 4 is 12.0 Å². The van der Waals surface area contributed by atoms with Crippen molar-refractivity contribution in [1.29, 1.82) is 0 Å². The molecule has 0 N–H and O–H groups in total. The number of esters is 1. The molecule has 0 amide bonds. The van der Waals surface area contributed by atoms with E-state index in [1.165, 1.54) is 6.08 Å². The quantitative estimate of drug-likeness (QED) is 0.525. The van der Waals surface area contributed by atoms with E-state index >= 15 is 0 Å². The van der Waals surface area contributed by atoms with Crippen LogP contribution in [0.25, 0.3) is 23.0 Å². The van der Waals surface area contributed by atoms with Crippen LogP contribution in [0.15, 0.2) is 72.9 Å². The number of nitrogens with zero attached hydrogens (tertiary/aromatic N) is 2. The van der Waals surface area contributed by atoms with Crippen LogP contribution in [0.4, 0.5) is 0 Å². The van der Waals surface area contributed by atoms with Crippen molar-refractivity contribution in [2.75, 3.05) is 6.61 Å². The van der Waals surface area contributed by atoms with Crippen molar-refractivity contribution in [2.45, 2.75) is 6.92 Å². The fraction of sp³-hybridized carbons (Fsp3) is 0.100. The van der Waals surface area contributed by atoms with Gasteiger partial charge in [0.15, 0.2) is 0 Å². The lowest BCUT2D eigenvalue weighted by atomic mass is 10.1. The summed E-state index contributed by atoms with van der Waals surface area (Å²) < 4.78 is 6.76. The summed E-state index contributed by atoms with van der Waals surface area (Å²) in [6.45, 7) is 2.15. The van der Waals surface area contributed by atoms with Gasteiger partial charge in [-0.05, 0) is 25.1 Å². The van der Waals surface area contributed by atoms with E-state index < -0.39 is 0 Å². The molecule has 0 aliphatic carbocycles. The Bertz CT molecular complexity index is 837. The van der Waals surface area contributed by atoms with Crippen LogP contribution in [0.5, 0.6) is 0 Å². The van der Waals surface area contributed by atoms with E-state index in [0.717, 1.165) is 22.5 Å². The fourth-order valence-corrected chi connectivity index (χ4v) is 2.39. The number of carbonyl (C=O) groups is 1. The first-order valence-corrected chi connectivity index (χ1v) is 7.83. The van der Waals surface area contributed by atoms with E-state index in [0.29, 0.717) is 6.61 Å². The summed E-state index contributed by atoms with van der Waals surface area (Å²) in [5, 5.41) is 4.69. The van der Waals surface area contributed by atoms with Crippen LogP contribution < -0.4 is 0 Å². The van der Waals surface area contributed by atoms with Crippen LogP contribution in [-0.2, 0) is 9.53 Å². The molecule has 1 heterocycles. The van der Waals surface area contributed by atoms with Crippen LogP contribution in [0.2, 0.25) is 0 Å². The minimum absolute atomic E-state index is 0.357. The van der Waals surface area contributed by atoms with Crippen LogP contribution in [0.1, 0.15) is 12.5 Å². The normalized spacial score (nSPS) is 10.9. The Morgan fingerprint density at radius 2 is 1.75 bits per heavy atom. The predicted molar refractivity (Wildman–Crippen MR) is 94.7 cm³/mol. The molecule has 0 atom stereocenters. The van der Waals surface area contributed by atoms with Crippen molar-refractivity contribution in [2.24, 2.45) is 0 Å². The predicted octanol–water partition coefficient (Wildman–Crippen LogP) is 4.12. The van der Waals surface area contributed by atoms with Crippen molar-refractivity contribution in [1.82, 2.24) is 9.78 Å². The summed E-state index contributed by atoms with van der Waals surface area (Å²) in [7, 11) is 0. The van der Waals surface area contributed by atoms with Crippen molar-refractivity contribution in [3.8, 4) is 16.9 Å².